The monoisotopic (exact) mass is 219 g/mol. The van der Waals surface area contributed by atoms with Crippen LogP contribution in [0.1, 0.15) is 35.8 Å². The zero-order valence-electron chi connectivity index (χ0n) is 8.71. The maximum atomic E-state index is 9.12. The lowest BCUT2D eigenvalue weighted by Gasteiger charge is -2.09. The van der Waals surface area contributed by atoms with Crippen LogP contribution in [0.2, 0.25) is 0 Å². The minimum absolute atomic E-state index is 0.519. The number of thiophene rings is 1. The number of rotatable bonds is 1. The summed E-state index contributed by atoms with van der Waals surface area (Å²) in [6.07, 6.45) is 4.52. The second-order valence-electron chi connectivity index (χ2n) is 3.76. The molecular formula is C11H13N3S. The second kappa shape index (κ2) is 4.03. The van der Waals surface area contributed by atoms with Crippen molar-refractivity contribution in [2.24, 2.45) is 10.7 Å². The van der Waals surface area contributed by atoms with Crippen LogP contribution < -0.4 is 5.73 Å². The maximum Gasteiger partial charge on any atom is 0.136 e. The fourth-order valence-electron chi connectivity index (χ4n) is 1.91. The lowest BCUT2D eigenvalue weighted by molar-refractivity contribution is 0.696. The van der Waals surface area contributed by atoms with Crippen molar-refractivity contribution in [2.45, 2.75) is 32.6 Å². The number of amidine groups is 1. The standard InChI is InChI=1S/C11H13N3S/c1-7(13)14-11-9(6-12)8-4-2-3-5-10(8)15-11/h2-5H2,1H3,(H2,13,14). The van der Waals surface area contributed by atoms with Crippen LogP contribution in [-0.4, -0.2) is 5.84 Å². The van der Waals surface area contributed by atoms with Crippen LogP contribution in [0.4, 0.5) is 5.00 Å². The van der Waals surface area contributed by atoms with Crippen LogP contribution in [0.15, 0.2) is 4.99 Å². The van der Waals surface area contributed by atoms with Crippen LogP contribution in [-0.2, 0) is 12.8 Å². The highest BCUT2D eigenvalue weighted by Crippen LogP contribution is 2.39. The number of hydrogen-bond donors (Lipinski definition) is 1. The highest BCUT2D eigenvalue weighted by Gasteiger charge is 2.20. The number of fused-ring (bicyclic) bond motifs is 1. The van der Waals surface area contributed by atoms with E-state index in [1.165, 1.54) is 23.3 Å². The highest BCUT2D eigenvalue weighted by atomic mass is 32.1. The van der Waals surface area contributed by atoms with Crippen molar-refractivity contribution in [3.63, 3.8) is 0 Å². The van der Waals surface area contributed by atoms with Crippen molar-refractivity contribution in [3.05, 3.63) is 16.0 Å². The van der Waals surface area contributed by atoms with E-state index in [2.05, 4.69) is 11.1 Å². The quantitative estimate of drug-likeness (QED) is 0.582. The molecule has 2 N–H and O–H groups in total. The van der Waals surface area contributed by atoms with Gasteiger partial charge in [0.25, 0.3) is 0 Å². The minimum Gasteiger partial charge on any atom is -0.387 e. The molecule has 1 aliphatic carbocycles. The lowest BCUT2D eigenvalue weighted by Crippen LogP contribution is -2.03. The molecule has 0 bridgehead atoms. The average molecular weight is 219 g/mol. The van der Waals surface area contributed by atoms with Crippen molar-refractivity contribution < 1.29 is 0 Å². The zero-order chi connectivity index (χ0) is 10.8. The first-order valence-corrected chi connectivity index (χ1v) is 5.89. The summed E-state index contributed by atoms with van der Waals surface area (Å²) < 4.78 is 0. The predicted octanol–water partition coefficient (Wildman–Crippen LogP) is 2.51. The Balaban J connectivity index is 2.52. The van der Waals surface area contributed by atoms with Gasteiger partial charge in [0.15, 0.2) is 0 Å². The van der Waals surface area contributed by atoms with E-state index in [0.29, 0.717) is 5.84 Å². The molecule has 0 saturated heterocycles. The normalized spacial score (nSPS) is 15.9. The molecule has 0 spiro atoms. The van der Waals surface area contributed by atoms with E-state index in [4.69, 9.17) is 11.0 Å². The van der Waals surface area contributed by atoms with Gasteiger partial charge >= 0.3 is 0 Å². The third-order valence-corrected chi connectivity index (χ3v) is 3.73. The van der Waals surface area contributed by atoms with E-state index in [0.717, 1.165) is 23.4 Å². The lowest BCUT2D eigenvalue weighted by atomic mass is 9.96. The van der Waals surface area contributed by atoms with Crippen LogP contribution >= 0.6 is 11.3 Å². The minimum atomic E-state index is 0.519. The molecule has 0 unspecified atom stereocenters. The van der Waals surface area contributed by atoms with E-state index in [1.807, 2.05) is 0 Å². The summed E-state index contributed by atoms with van der Waals surface area (Å²) in [4.78, 5) is 5.56. The van der Waals surface area contributed by atoms with Crippen molar-refractivity contribution in [3.8, 4) is 6.07 Å². The van der Waals surface area contributed by atoms with Crippen LogP contribution in [0.25, 0.3) is 0 Å². The second-order valence-corrected chi connectivity index (χ2v) is 4.84. The number of nitriles is 1. The van der Waals surface area contributed by atoms with Gasteiger partial charge in [-0.3, -0.25) is 0 Å². The summed E-state index contributed by atoms with van der Waals surface area (Å²) in [6.45, 7) is 1.75. The van der Waals surface area contributed by atoms with Crippen molar-refractivity contribution in [1.82, 2.24) is 0 Å². The molecule has 1 aliphatic rings. The molecule has 0 aliphatic heterocycles. The fraction of sp³-hybridized carbons (Fsp3) is 0.455. The molecule has 0 aromatic carbocycles. The molecule has 0 atom stereocenters. The highest BCUT2D eigenvalue weighted by molar-refractivity contribution is 7.16. The Hall–Kier alpha value is -1.34. The van der Waals surface area contributed by atoms with Gasteiger partial charge in [-0.2, -0.15) is 5.26 Å². The first kappa shape index (κ1) is 10.2. The van der Waals surface area contributed by atoms with Crippen molar-refractivity contribution in [1.29, 1.82) is 5.26 Å². The molecule has 1 aromatic rings. The van der Waals surface area contributed by atoms with Gasteiger partial charge in [0.1, 0.15) is 11.1 Å². The van der Waals surface area contributed by atoms with E-state index < -0.39 is 0 Å². The smallest absolute Gasteiger partial charge is 0.136 e. The number of nitrogens with zero attached hydrogens (tertiary/aromatic N) is 2. The Bertz CT molecular complexity index is 447. The summed E-state index contributed by atoms with van der Waals surface area (Å²) in [5, 5.41) is 9.92. The van der Waals surface area contributed by atoms with Gasteiger partial charge in [-0.1, -0.05) is 0 Å². The first-order chi connectivity index (χ1) is 7.22. The Labute approximate surface area is 93.2 Å². The number of nitrogens with two attached hydrogens (primary N) is 1. The van der Waals surface area contributed by atoms with E-state index >= 15 is 0 Å². The number of hydrogen-bond acceptors (Lipinski definition) is 3. The van der Waals surface area contributed by atoms with E-state index in [-0.39, 0.29) is 0 Å². The molecule has 2 rings (SSSR count). The summed E-state index contributed by atoms with van der Waals surface area (Å²) in [5.41, 5.74) is 7.52. The number of aliphatic imine (C=N–C) groups is 1. The fourth-order valence-corrected chi connectivity index (χ4v) is 3.17. The topological polar surface area (TPSA) is 62.2 Å². The zero-order valence-corrected chi connectivity index (χ0v) is 9.52. The molecule has 1 heterocycles. The van der Waals surface area contributed by atoms with Crippen LogP contribution in [0, 0.1) is 11.3 Å². The molecule has 0 radical (unpaired) electrons. The SMILES string of the molecule is C/C(N)=N\c1sc2c(c1C#N)CCCC2. The van der Waals surface area contributed by atoms with Crippen molar-refractivity contribution in [2.75, 3.05) is 0 Å². The maximum absolute atomic E-state index is 9.12. The molecule has 3 nitrogen and oxygen atoms in total. The molecule has 1 aromatic heterocycles. The van der Waals surface area contributed by atoms with Crippen LogP contribution in [0.5, 0.6) is 0 Å². The van der Waals surface area contributed by atoms with E-state index in [1.54, 1.807) is 18.3 Å². The third-order valence-electron chi connectivity index (χ3n) is 2.54. The molecule has 0 amide bonds. The van der Waals surface area contributed by atoms with Gasteiger partial charge < -0.3 is 5.73 Å². The Morgan fingerprint density at radius 3 is 2.87 bits per heavy atom. The summed E-state index contributed by atoms with van der Waals surface area (Å²) in [7, 11) is 0. The largest absolute Gasteiger partial charge is 0.387 e. The summed E-state index contributed by atoms with van der Waals surface area (Å²) in [5.74, 6) is 0.519. The summed E-state index contributed by atoms with van der Waals surface area (Å²) in [6, 6.07) is 2.26. The molecule has 4 heteroatoms. The van der Waals surface area contributed by atoms with Gasteiger partial charge in [0.05, 0.1) is 11.4 Å². The van der Waals surface area contributed by atoms with Crippen molar-refractivity contribution >= 4 is 22.2 Å². The van der Waals surface area contributed by atoms with Gasteiger partial charge in [0.2, 0.25) is 0 Å². The molecule has 15 heavy (non-hydrogen) atoms. The first-order valence-electron chi connectivity index (χ1n) is 5.07. The predicted molar refractivity (Wildman–Crippen MR) is 62.6 cm³/mol. The molecule has 0 fully saturated rings. The Kier molecular flexibility index (Phi) is 2.74. The molecule has 78 valence electrons. The van der Waals surface area contributed by atoms with Gasteiger partial charge in [-0.25, -0.2) is 4.99 Å². The van der Waals surface area contributed by atoms with Gasteiger partial charge in [-0.15, -0.1) is 11.3 Å². The van der Waals surface area contributed by atoms with Gasteiger partial charge in [-0.05, 0) is 38.2 Å². The average Bonchev–Trinajstić information content (AvgIpc) is 2.53. The third kappa shape index (κ3) is 1.88. The Morgan fingerprint density at radius 1 is 1.47 bits per heavy atom. The summed E-state index contributed by atoms with van der Waals surface area (Å²) >= 11 is 1.62. The molecule has 0 saturated carbocycles. The molecular weight excluding hydrogens is 206 g/mol. The van der Waals surface area contributed by atoms with E-state index in [9.17, 15) is 0 Å². The Morgan fingerprint density at radius 2 is 2.20 bits per heavy atom. The van der Waals surface area contributed by atoms with Gasteiger partial charge in [0, 0.05) is 4.88 Å². The number of aryl methyl sites for hydroxylation is 1. The van der Waals surface area contributed by atoms with Crippen LogP contribution in [0.3, 0.4) is 0 Å².